The van der Waals surface area contributed by atoms with E-state index in [1.165, 1.54) is 0 Å². The van der Waals surface area contributed by atoms with Crippen molar-refractivity contribution in [3.63, 3.8) is 0 Å². The maximum absolute atomic E-state index is 5.78. The molecule has 27 heavy (non-hydrogen) atoms. The molecule has 1 saturated heterocycles. The molecule has 0 radical (unpaired) electrons. The molecule has 0 spiro atoms. The van der Waals surface area contributed by atoms with Gasteiger partial charge in [-0.15, -0.1) is 0 Å². The normalized spacial score (nSPS) is 19.6. The van der Waals surface area contributed by atoms with Gasteiger partial charge in [-0.3, -0.25) is 0 Å². The maximum atomic E-state index is 5.78. The fourth-order valence-electron chi connectivity index (χ4n) is 3.14. The van der Waals surface area contributed by atoms with E-state index >= 15 is 0 Å². The lowest BCUT2D eigenvalue weighted by Gasteiger charge is -2.33. The van der Waals surface area contributed by atoms with Gasteiger partial charge in [-0.25, -0.2) is 9.98 Å². The lowest BCUT2D eigenvalue weighted by molar-refractivity contribution is -0.0508. The zero-order chi connectivity index (χ0) is 18.6. The molecule has 0 N–H and O–H groups in total. The molecule has 1 aromatic rings. The smallest absolute Gasteiger partial charge is 0.160 e. The molecule has 3 aliphatic heterocycles. The van der Waals surface area contributed by atoms with E-state index in [4.69, 9.17) is 14.5 Å². The molecule has 6 heteroatoms. The minimum atomic E-state index is 0.535. The van der Waals surface area contributed by atoms with Crippen molar-refractivity contribution in [3.05, 3.63) is 47.8 Å². The molecular formula is C21H26N4O2. The number of ether oxygens (including phenoxy) is 2. The van der Waals surface area contributed by atoms with E-state index in [9.17, 15) is 0 Å². The lowest BCUT2D eigenvalue weighted by Crippen LogP contribution is -2.43. The first kappa shape index (κ1) is 17.8. The Kier molecular flexibility index (Phi) is 5.25. The third-order valence-electron chi connectivity index (χ3n) is 4.93. The molecular weight excluding hydrogens is 340 g/mol. The number of aliphatic imine (C=N–C) groups is 2. The van der Waals surface area contributed by atoms with Gasteiger partial charge in [-0.05, 0) is 37.6 Å². The molecule has 0 atom stereocenters. The largest absolute Gasteiger partial charge is 0.493 e. The molecule has 6 nitrogen and oxygen atoms in total. The Morgan fingerprint density at radius 2 is 1.93 bits per heavy atom. The highest BCUT2D eigenvalue weighted by molar-refractivity contribution is 6.16. The highest BCUT2D eigenvalue weighted by atomic mass is 16.5. The molecule has 3 heterocycles. The first-order valence-electron chi connectivity index (χ1n) is 9.62. The van der Waals surface area contributed by atoms with Gasteiger partial charge in [0.1, 0.15) is 11.4 Å². The van der Waals surface area contributed by atoms with Crippen LogP contribution in [-0.2, 0) is 4.74 Å². The predicted octanol–water partition coefficient (Wildman–Crippen LogP) is 2.99. The zero-order valence-electron chi connectivity index (χ0n) is 16.0. The third-order valence-corrected chi connectivity index (χ3v) is 4.93. The number of fused-ring (bicyclic) bond motifs is 1. The Labute approximate surface area is 160 Å². The molecule has 0 aliphatic carbocycles. The highest BCUT2D eigenvalue weighted by Gasteiger charge is 2.26. The molecule has 4 rings (SSSR count). The third kappa shape index (κ3) is 4.06. The Hall–Kier alpha value is -2.60. The Bertz CT molecular complexity index is 791. The van der Waals surface area contributed by atoms with Gasteiger partial charge in [0.2, 0.25) is 0 Å². The van der Waals surface area contributed by atoms with E-state index in [-0.39, 0.29) is 0 Å². The van der Waals surface area contributed by atoms with Gasteiger partial charge in [-0.1, -0.05) is 18.2 Å². The number of nitrogens with zero attached hydrogens (tertiary/aromatic N) is 4. The predicted molar refractivity (Wildman–Crippen MR) is 108 cm³/mol. The SMILES string of the molecule is CCN1C=C2N=C(/C=C/c3ccc(OCC4COC4)cc3)N=C2N(CC)C1. The lowest BCUT2D eigenvalue weighted by atomic mass is 10.1. The van der Waals surface area contributed by atoms with Crippen LogP contribution in [0.4, 0.5) is 0 Å². The average molecular weight is 366 g/mol. The van der Waals surface area contributed by atoms with E-state index in [0.29, 0.717) is 5.92 Å². The van der Waals surface area contributed by atoms with Crippen LogP contribution in [0, 0.1) is 5.92 Å². The van der Waals surface area contributed by atoms with E-state index in [1.54, 1.807) is 0 Å². The van der Waals surface area contributed by atoms with E-state index in [2.05, 4.69) is 47.0 Å². The molecule has 1 aromatic carbocycles. The van der Waals surface area contributed by atoms with Crippen molar-refractivity contribution in [3.8, 4) is 5.75 Å². The molecule has 1 fully saturated rings. The molecule has 0 amide bonds. The second-order valence-corrected chi connectivity index (χ2v) is 6.94. The summed E-state index contributed by atoms with van der Waals surface area (Å²) in [7, 11) is 0. The minimum absolute atomic E-state index is 0.535. The van der Waals surface area contributed by atoms with Gasteiger partial charge >= 0.3 is 0 Å². The monoisotopic (exact) mass is 366 g/mol. The van der Waals surface area contributed by atoms with Crippen LogP contribution in [0.3, 0.4) is 0 Å². The Morgan fingerprint density at radius 3 is 2.59 bits per heavy atom. The van der Waals surface area contributed by atoms with E-state index < -0.39 is 0 Å². The summed E-state index contributed by atoms with van der Waals surface area (Å²) in [6.45, 7) is 9.41. The first-order chi connectivity index (χ1) is 13.2. The van der Waals surface area contributed by atoms with Crippen LogP contribution in [0.5, 0.6) is 5.75 Å². The average Bonchev–Trinajstić information content (AvgIpc) is 3.08. The molecule has 0 saturated carbocycles. The van der Waals surface area contributed by atoms with Crippen LogP contribution in [-0.4, -0.2) is 61.0 Å². The second-order valence-electron chi connectivity index (χ2n) is 6.94. The number of hydrogen-bond donors (Lipinski definition) is 0. The number of likely N-dealkylation sites (N-methyl/N-ethyl adjacent to an activating group) is 1. The standard InChI is InChI=1S/C21H26N4O2/c1-3-24-11-19-21(25(4-2)15-24)23-20(22-19)10-7-16-5-8-18(9-6-16)27-14-17-12-26-13-17/h5-11,17H,3-4,12-15H2,1-2H3/b10-7+. The van der Waals surface area contributed by atoms with Gasteiger partial charge in [-0.2, -0.15) is 0 Å². The van der Waals surface area contributed by atoms with Crippen molar-refractivity contribution in [1.82, 2.24) is 9.80 Å². The van der Waals surface area contributed by atoms with Crippen LogP contribution in [0.15, 0.2) is 52.2 Å². The highest BCUT2D eigenvalue weighted by Crippen LogP contribution is 2.21. The number of hydrogen-bond acceptors (Lipinski definition) is 6. The van der Waals surface area contributed by atoms with Gasteiger partial charge < -0.3 is 19.3 Å². The van der Waals surface area contributed by atoms with E-state index in [0.717, 1.165) is 68.3 Å². The van der Waals surface area contributed by atoms with Gasteiger partial charge in [0.05, 0.1) is 26.5 Å². The van der Waals surface area contributed by atoms with E-state index in [1.807, 2.05) is 24.3 Å². The Balaban J connectivity index is 1.40. The van der Waals surface area contributed by atoms with Crippen LogP contribution < -0.4 is 4.74 Å². The fraction of sp³-hybridized carbons (Fsp3) is 0.429. The minimum Gasteiger partial charge on any atom is -0.493 e. The zero-order valence-corrected chi connectivity index (χ0v) is 16.0. The summed E-state index contributed by atoms with van der Waals surface area (Å²) in [6, 6.07) is 8.11. The first-order valence-corrected chi connectivity index (χ1v) is 9.62. The van der Waals surface area contributed by atoms with Crippen molar-refractivity contribution in [1.29, 1.82) is 0 Å². The van der Waals surface area contributed by atoms with Crippen molar-refractivity contribution in [2.24, 2.45) is 15.9 Å². The second kappa shape index (κ2) is 7.96. The van der Waals surface area contributed by atoms with Crippen molar-refractivity contribution in [2.75, 3.05) is 39.6 Å². The summed E-state index contributed by atoms with van der Waals surface area (Å²) in [6.07, 6.45) is 6.11. The fourth-order valence-corrected chi connectivity index (χ4v) is 3.14. The van der Waals surface area contributed by atoms with Crippen molar-refractivity contribution in [2.45, 2.75) is 13.8 Å². The molecule has 0 bridgehead atoms. The van der Waals surface area contributed by atoms with Gasteiger partial charge in [0.15, 0.2) is 11.7 Å². The molecule has 0 unspecified atom stereocenters. The van der Waals surface area contributed by atoms with Crippen molar-refractivity contribution >= 4 is 17.7 Å². The summed E-state index contributed by atoms with van der Waals surface area (Å²) >= 11 is 0. The van der Waals surface area contributed by atoms with Crippen molar-refractivity contribution < 1.29 is 9.47 Å². The number of rotatable bonds is 7. The van der Waals surface area contributed by atoms with Crippen LogP contribution in [0.1, 0.15) is 19.4 Å². The molecule has 0 aromatic heterocycles. The van der Waals surface area contributed by atoms with Gasteiger partial charge in [0, 0.05) is 25.2 Å². The quantitative estimate of drug-likeness (QED) is 0.744. The van der Waals surface area contributed by atoms with Crippen LogP contribution in [0.2, 0.25) is 0 Å². The summed E-state index contributed by atoms with van der Waals surface area (Å²) in [4.78, 5) is 13.9. The van der Waals surface area contributed by atoms with Crippen LogP contribution in [0.25, 0.3) is 6.08 Å². The van der Waals surface area contributed by atoms with Crippen LogP contribution >= 0.6 is 0 Å². The topological polar surface area (TPSA) is 49.7 Å². The summed E-state index contributed by atoms with van der Waals surface area (Å²) < 4.78 is 10.9. The summed E-state index contributed by atoms with van der Waals surface area (Å²) in [5.41, 5.74) is 2.05. The Morgan fingerprint density at radius 1 is 1.11 bits per heavy atom. The number of benzene rings is 1. The molecule has 3 aliphatic rings. The summed E-state index contributed by atoms with van der Waals surface area (Å²) in [5.74, 6) is 3.16. The summed E-state index contributed by atoms with van der Waals surface area (Å²) in [5, 5.41) is 0. The molecule has 142 valence electrons. The van der Waals surface area contributed by atoms with Gasteiger partial charge in [0.25, 0.3) is 0 Å². The number of amidine groups is 2. The maximum Gasteiger partial charge on any atom is 0.160 e.